The highest BCUT2D eigenvalue weighted by atomic mass is 31.1. The number of hydrogen-bond acceptors (Lipinski definition) is 7. The maximum absolute atomic E-state index is 13.9. The van der Waals surface area contributed by atoms with Gasteiger partial charge < -0.3 is 19.7 Å². The van der Waals surface area contributed by atoms with Crippen molar-refractivity contribution >= 4 is 30.8 Å². The van der Waals surface area contributed by atoms with E-state index in [0.717, 1.165) is 29.7 Å². The number of H-pyrrole nitrogens is 1. The molecule has 1 fully saturated rings. The van der Waals surface area contributed by atoms with Gasteiger partial charge in [0.25, 0.3) is 11.4 Å². The van der Waals surface area contributed by atoms with Gasteiger partial charge in [-0.3, -0.25) is 9.20 Å². The Bertz CT molecular complexity index is 1200. The van der Waals surface area contributed by atoms with Crippen molar-refractivity contribution in [2.75, 3.05) is 24.6 Å². The zero-order chi connectivity index (χ0) is 22.4. The van der Waals surface area contributed by atoms with Crippen molar-refractivity contribution in [3.05, 3.63) is 33.9 Å². The highest BCUT2D eigenvalue weighted by Gasteiger charge is 2.46. The Kier molecular flexibility index (Phi) is 5.48. The predicted octanol–water partition coefficient (Wildman–Crippen LogP) is 2.74. The molecule has 2 atom stereocenters. The fourth-order valence-corrected chi connectivity index (χ4v) is 4.35. The van der Waals surface area contributed by atoms with Crippen LogP contribution in [0.15, 0.2) is 16.9 Å². The molecule has 0 bridgehead atoms. The Balaban J connectivity index is 2.08. The number of nitrogens with zero attached hydrogens (tertiary/aromatic N) is 4. The molecule has 2 unspecified atom stereocenters. The van der Waals surface area contributed by atoms with E-state index >= 15 is 0 Å². The molecule has 0 spiro atoms. The summed E-state index contributed by atoms with van der Waals surface area (Å²) in [6, 6.07) is 2.16. The van der Waals surface area contributed by atoms with Gasteiger partial charge >= 0.3 is 20.2 Å². The SMILES string of the molecule is CCOC(O)([PH+]=O)c1nnc2c(=O)[nH]c3cc(C(F)(F)F)c(N4CCCCC4)cc3n12. The lowest BCUT2D eigenvalue weighted by molar-refractivity contribution is -0.143. The van der Waals surface area contributed by atoms with E-state index in [1.54, 1.807) is 11.8 Å². The van der Waals surface area contributed by atoms with Gasteiger partial charge in [0.1, 0.15) is 0 Å². The number of aromatic amines is 1. The Morgan fingerprint density at radius 2 is 1.94 bits per heavy atom. The van der Waals surface area contributed by atoms with E-state index in [9.17, 15) is 27.6 Å². The normalized spacial score (nSPS) is 17.5. The third-order valence-electron chi connectivity index (χ3n) is 5.27. The van der Waals surface area contributed by atoms with Crippen LogP contribution in [0.3, 0.4) is 0 Å². The summed E-state index contributed by atoms with van der Waals surface area (Å²) in [6.07, 6.45) is -2.19. The van der Waals surface area contributed by atoms with Gasteiger partial charge in [-0.1, -0.05) is 4.57 Å². The van der Waals surface area contributed by atoms with Gasteiger partial charge in [0.15, 0.2) is 0 Å². The van der Waals surface area contributed by atoms with E-state index in [0.29, 0.717) is 13.1 Å². The van der Waals surface area contributed by atoms with Gasteiger partial charge in [-0.2, -0.15) is 13.2 Å². The monoisotopic (exact) mass is 458 g/mol. The number of aromatic nitrogens is 4. The quantitative estimate of drug-likeness (QED) is 0.447. The lowest BCUT2D eigenvalue weighted by atomic mass is 10.1. The number of rotatable bonds is 5. The third-order valence-corrected chi connectivity index (χ3v) is 5.91. The van der Waals surface area contributed by atoms with E-state index in [1.807, 2.05) is 0 Å². The molecule has 4 rings (SSSR count). The average molecular weight is 458 g/mol. The average Bonchev–Trinajstić information content (AvgIpc) is 3.20. The van der Waals surface area contributed by atoms with Gasteiger partial charge in [0, 0.05) is 13.1 Å². The van der Waals surface area contributed by atoms with E-state index < -0.39 is 31.3 Å². The maximum atomic E-state index is 13.9. The maximum Gasteiger partial charge on any atom is 0.433 e. The largest absolute Gasteiger partial charge is 0.433 e. The summed E-state index contributed by atoms with van der Waals surface area (Å²) < 4.78 is 59.6. The highest BCUT2D eigenvalue weighted by Crippen LogP contribution is 2.40. The molecule has 0 aliphatic carbocycles. The highest BCUT2D eigenvalue weighted by molar-refractivity contribution is 7.24. The summed E-state index contributed by atoms with van der Waals surface area (Å²) in [5.41, 5.74) is -4.36. The molecule has 1 aromatic carbocycles. The van der Waals surface area contributed by atoms with E-state index in [4.69, 9.17) is 4.74 Å². The zero-order valence-corrected chi connectivity index (χ0v) is 17.5. The number of fused-ring (bicyclic) bond motifs is 3. The molecule has 1 aliphatic rings. The summed E-state index contributed by atoms with van der Waals surface area (Å²) >= 11 is 0. The molecule has 2 aromatic heterocycles. The lowest BCUT2D eigenvalue weighted by Gasteiger charge is -2.31. The summed E-state index contributed by atoms with van der Waals surface area (Å²) in [4.78, 5) is 16.5. The minimum Gasteiger partial charge on any atom is -0.371 e. The lowest BCUT2D eigenvalue weighted by Crippen LogP contribution is -2.31. The van der Waals surface area contributed by atoms with Crippen molar-refractivity contribution in [2.24, 2.45) is 0 Å². The standard InChI is InChI=1S/C18H19F3N5O4P/c1-2-30-18(28,31-29)16-24-23-14-15(27)22-11-8-10(17(19,20)21)12(9-13(11)26(14)16)25-6-4-3-5-7-25/h8-9,28H,2-7H2,1H3,(H,22,27)/p+1. The first-order valence-electron chi connectivity index (χ1n) is 9.73. The van der Waals surface area contributed by atoms with Gasteiger partial charge in [-0.15, -0.1) is 10.2 Å². The number of benzene rings is 1. The van der Waals surface area contributed by atoms with E-state index in [-0.39, 0.29) is 34.8 Å². The molecular formula is C18H20F3N5O4P+. The molecule has 13 heteroatoms. The van der Waals surface area contributed by atoms with Crippen molar-refractivity contribution in [1.29, 1.82) is 0 Å². The van der Waals surface area contributed by atoms with Gasteiger partial charge in [0.05, 0.1) is 28.9 Å². The van der Waals surface area contributed by atoms with Gasteiger partial charge in [0.2, 0.25) is 5.65 Å². The first kappa shape index (κ1) is 21.7. The molecule has 3 heterocycles. The van der Waals surface area contributed by atoms with Crippen LogP contribution < -0.4 is 10.5 Å². The number of hydrogen-bond donors (Lipinski definition) is 2. The summed E-state index contributed by atoms with van der Waals surface area (Å²) in [7, 11) is -1.42. The molecular weight excluding hydrogens is 438 g/mol. The second-order valence-electron chi connectivity index (χ2n) is 7.25. The van der Waals surface area contributed by atoms with E-state index in [1.165, 1.54) is 6.07 Å². The molecule has 2 N–H and O–H groups in total. The first-order valence-corrected chi connectivity index (χ1v) is 10.6. The molecule has 0 radical (unpaired) electrons. The minimum absolute atomic E-state index is 0.0287. The number of ether oxygens (including phenoxy) is 1. The summed E-state index contributed by atoms with van der Waals surface area (Å²) in [6.45, 7) is 2.45. The Morgan fingerprint density at radius 3 is 2.55 bits per heavy atom. The predicted molar refractivity (Wildman–Crippen MR) is 107 cm³/mol. The first-order chi connectivity index (χ1) is 14.7. The van der Waals surface area contributed by atoms with Crippen LogP contribution in [0.4, 0.5) is 18.9 Å². The number of halogens is 3. The molecule has 0 saturated carbocycles. The van der Waals surface area contributed by atoms with Crippen molar-refractivity contribution < 1.29 is 27.6 Å². The number of piperidine rings is 1. The van der Waals surface area contributed by atoms with Crippen LogP contribution in [0.1, 0.15) is 37.6 Å². The molecule has 1 saturated heterocycles. The smallest absolute Gasteiger partial charge is 0.371 e. The molecule has 31 heavy (non-hydrogen) atoms. The van der Waals surface area contributed by atoms with Gasteiger partial charge in [-0.05, 0) is 38.3 Å². The summed E-state index contributed by atoms with van der Waals surface area (Å²) in [5, 5.41) is 18.2. The minimum atomic E-state index is -4.65. The van der Waals surface area contributed by atoms with Crippen molar-refractivity contribution in [3.8, 4) is 0 Å². The number of nitrogens with one attached hydrogen (secondary N) is 1. The Hall–Kier alpha value is -2.56. The fraction of sp³-hybridized carbons (Fsp3) is 0.500. The van der Waals surface area contributed by atoms with Crippen LogP contribution in [-0.4, -0.2) is 44.4 Å². The molecule has 3 aromatic rings. The molecule has 166 valence electrons. The molecule has 1 aliphatic heterocycles. The number of aliphatic hydroxyl groups is 1. The Labute approximate surface area is 175 Å². The van der Waals surface area contributed by atoms with Crippen molar-refractivity contribution in [1.82, 2.24) is 19.6 Å². The topological polar surface area (TPSA) is 113 Å². The second-order valence-corrected chi connectivity index (χ2v) is 8.13. The van der Waals surface area contributed by atoms with Gasteiger partial charge in [-0.25, -0.2) is 0 Å². The zero-order valence-electron chi connectivity index (χ0n) is 16.5. The Morgan fingerprint density at radius 1 is 1.23 bits per heavy atom. The van der Waals surface area contributed by atoms with Crippen LogP contribution in [0.25, 0.3) is 16.7 Å². The molecule has 9 nitrogen and oxygen atoms in total. The summed E-state index contributed by atoms with van der Waals surface area (Å²) in [5.74, 6) is -0.349. The van der Waals surface area contributed by atoms with Crippen LogP contribution >= 0.6 is 8.46 Å². The van der Waals surface area contributed by atoms with E-state index in [2.05, 4.69) is 15.2 Å². The van der Waals surface area contributed by atoms with Crippen LogP contribution in [0, 0.1) is 0 Å². The van der Waals surface area contributed by atoms with Crippen molar-refractivity contribution in [3.63, 3.8) is 0 Å². The molecule has 0 amide bonds. The van der Waals surface area contributed by atoms with Crippen LogP contribution in [0.2, 0.25) is 0 Å². The third kappa shape index (κ3) is 3.68. The number of alkyl halides is 3. The van der Waals surface area contributed by atoms with Crippen LogP contribution in [0.5, 0.6) is 0 Å². The second kappa shape index (κ2) is 7.85. The van der Waals surface area contributed by atoms with Crippen molar-refractivity contribution in [2.45, 2.75) is 37.9 Å². The van der Waals surface area contributed by atoms with Crippen LogP contribution in [-0.2, 0) is 21.0 Å². The number of anilines is 1. The fourth-order valence-electron chi connectivity index (χ4n) is 3.89.